The van der Waals surface area contributed by atoms with Crippen LogP contribution in [-0.4, -0.2) is 15.7 Å². The molecule has 5 nitrogen and oxygen atoms in total. The van der Waals surface area contributed by atoms with Crippen molar-refractivity contribution in [3.05, 3.63) is 87.2 Å². The van der Waals surface area contributed by atoms with Gasteiger partial charge in [0.2, 0.25) is 0 Å². The summed E-state index contributed by atoms with van der Waals surface area (Å²) in [6, 6.07) is 16.7. The van der Waals surface area contributed by atoms with Crippen LogP contribution in [0.25, 0.3) is 0 Å². The fourth-order valence-electron chi connectivity index (χ4n) is 2.99. The average molecular weight is 402 g/mol. The van der Waals surface area contributed by atoms with Crippen molar-refractivity contribution in [1.82, 2.24) is 15.1 Å². The van der Waals surface area contributed by atoms with Crippen molar-refractivity contribution >= 4 is 29.1 Å². The smallest absolute Gasteiger partial charge is 0.272 e. The molecule has 1 amide bonds. The van der Waals surface area contributed by atoms with E-state index >= 15 is 0 Å². The van der Waals surface area contributed by atoms with Gasteiger partial charge in [-0.05, 0) is 41.5 Å². The van der Waals surface area contributed by atoms with Gasteiger partial charge < -0.3 is 10.1 Å². The lowest BCUT2D eigenvalue weighted by atomic mass is 10.1. The Kier molecular flexibility index (Phi) is 5.16. The number of nitrogens with zero attached hydrogens (tertiary/aromatic N) is 2. The minimum absolute atomic E-state index is 0.111. The second-order valence-electron chi connectivity index (χ2n) is 6.36. The highest BCUT2D eigenvalue weighted by atomic mass is 35.5. The summed E-state index contributed by atoms with van der Waals surface area (Å²) in [5, 5.41) is 8.68. The van der Waals surface area contributed by atoms with Crippen molar-refractivity contribution in [3.8, 4) is 0 Å². The van der Waals surface area contributed by atoms with Crippen LogP contribution in [0.15, 0.2) is 54.6 Å². The first-order valence-corrected chi connectivity index (χ1v) is 9.30. The largest absolute Gasteiger partial charge is 0.365 e. The van der Waals surface area contributed by atoms with Gasteiger partial charge in [0.05, 0.1) is 18.8 Å². The zero-order chi connectivity index (χ0) is 18.8. The van der Waals surface area contributed by atoms with Crippen LogP contribution in [0.4, 0.5) is 0 Å². The van der Waals surface area contributed by atoms with Gasteiger partial charge in [-0.2, -0.15) is 5.10 Å². The van der Waals surface area contributed by atoms with Crippen LogP contribution in [0.2, 0.25) is 10.0 Å². The molecule has 4 rings (SSSR count). The average Bonchev–Trinajstić information content (AvgIpc) is 3.11. The molecule has 0 radical (unpaired) electrons. The Labute approximate surface area is 166 Å². The Hall–Kier alpha value is -2.34. The van der Waals surface area contributed by atoms with Crippen LogP contribution in [0.3, 0.4) is 0 Å². The number of benzene rings is 2. The summed E-state index contributed by atoms with van der Waals surface area (Å²) in [6.07, 6.45) is -0.111. The van der Waals surface area contributed by atoms with Crippen LogP contribution < -0.4 is 5.32 Å². The van der Waals surface area contributed by atoms with E-state index in [-0.39, 0.29) is 12.0 Å². The van der Waals surface area contributed by atoms with Gasteiger partial charge in [-0.15, -0.1) is 0 Å². The quantitative estimate of drug-likeness (QED) is 0.704. The molecule has 3 aromatic rings. The van der Waals surface area contributed by atoms with Crippen LogP contribution >= 0.6 is 23.2 Å². The number of carbonyl (C=O) groups is 1. The summed E-state index contributed by atoms with van der Waals surface area (Å²) in [5.41, 5.74) is 3.29. The number of hydrogen-bond donors (Lipinski definition) is 1. The van der Waals surface area contributed by atoms with E-state index in [1.165, 1.54) is 0 Å². The molecular weight excluding hydrogens is 385 g/mol. The maximum atomic E-state index is 12.4. The van der Waals surface area contributed by atoms with E-state index in [1.54, 1.807) is 18.2 Å². The summed E-state index contributed by atoms with van der Waals surface area (Å²) in [7, 11) is 0. The Morgan fingerprint density at radius 1 is 1.11 bits per heavy atom. The van der Waals surface area contributed by atoms with Gasteiger partial charge in [0, 0.05) is 16.6 Å². The summed E-state index contributed by atoms with van der Waals surface area (Å²) in [4.78, 5) is 12.4. The minimum Gasteiger partial charge on any atom is -0.365 e. The third-order valence-electron chi connectivity index (χ3n) is 4.48. The first-order valence-electron chi connectivity index (χ1n) is 8.55. The van der Waals surface area contributed by atoms with Gasteiger partial charge >= 0.3 is 0 Å². The summed E-state index contributed by atoms with van der Waals surface area (Å²) < 4.78 is 7.75. The van der Waals surface area contributed by atoms with Gasteiger partial charge in [0.25, 0.3) is 5.91 Å². The highest BCUT2D eigenvalue weighted by Gasteiger charge is 2.24. The van der Waals surface area contributed by atoms with E-state index in [4.69, 9.17) is 27.9 Å². The first kappa shape index (κ1) is 18.0. The van der Waals surface area contributed by atoms with Crippen LogP contribution in [0.5, 0.6) is 0 Å². The number of amides is 1. The number of rotatable bonds is 4. The van der Waals surface area contributed by atoms with Crippen molar-refractivity contribution in [2.75, 3.05) is 0 Å². The van der Waals surface area contributed by atoms with Gasteiger partial charge in [0.15, 0.2) is 5.69 Å². The summed E-state index contributed by atoms with van der Waals surface area (Å²) >= 11 is 11.8. The monoisotopic (exact) mass is 401 g/mol. The van der Waals surface area contributed by atoms with Gasteiger partial charge in [0.1, 0.15) is 6.10 Å². The lowest BCUT2D eigenvalue weighted by Gasteiger charge is -2.24. The van der Waals surface area contributed by atoms with Crippen molar-refractivity contribution in [2.45, 2.75) is 25.8 Å². The van der Waals surface area contributed by atoms with Crippen LogP contribution in [0.1, 0.15) is 33.4 Å². The molecule has 27 heavy (non-hydrogen) atoms. The highest BCUT2D eigenvalue weighted by Crippen LogP contribution is 2.27. The van der Waals surface area contributed by atoms with E-state index in [9.17, 15) is 4.79 Å². The van der Waals surface area contributed by atoms with Gasteiger partial charge in [-0.1, -0.05) is 47.5 Å². The SMILES string of the molecule is O=C(NCc1ccc(Cl)cc1)c1cc2n(n1)C[C@@H](c1ccc(Cl)cc1)OC2. The van der Waals surface area contributed by atoms with Crippen molar-refractivity contribution in [2.24, 2.45) is 0 Å². The zero-order valence-corrected chi connectivity index (χ0v) is 15.9. The lowest BCUT2D eigenvalue weighted by Crippen LogP contribution is -2.24. The maximum absolute atomic E-state index is 12.4. The van der Waals surface area contributed by atoms with E-state index in [1.807, 2.05) is 41.1 Å². The Morgan fingerprint density at radius 3 is 2.48 bits per heavy atom. The number of ether oxygens (including phenoxy) is 1. The standard InChI is InChI=1S/C20H17Cl2N3O2/c21-15-5-1-13(2-6-15)10-23-20(26)18-9-17-12-27-19(11-25(17)24-18)14-3-7-16(22)8-4-14/h1-9,19H,10-12H2,(H,23,26)/t19-/m0/s1. The van der Waals surface area contributed by atoms with Crippen LogP contribution in [-0.2, 0) is 24.4 Å². The number of nitrogens with one attached hydrogen (secondary N) is 1. The predicted octanol–water partition coefficient (Wildman–Crippen LogP) is 4.39. The molecule has 0 saturated heterocycles. The number of carbonyl (C=O) groups excluding carboxylic acids is 1. The Bertz CT molecular complexity index is 952. The molecule has 2 heterocycles. The Morgan fingerprint density at radius 2 is 1.78 bits per heavy atom. The molecule has 1 N–H and O–H groups in total. The lowest BCUT2D eigenvalue weighted by molar-refractivity contribution is -0.00119. The fraction of sp³-hybridized carbons (Fsp3) is 0.200. The van der Waals surface area contributed by atoms with E-state index in [0.717, 1.165) is 16.8 Å². The maximum Gasteiger partial charge on any atom is 0.272 e. The molecule has 0 fully saturated rings. The number of fused-ring (bicyclic) bond motifs is 1. The molecule has 0 aliphatic carbocycles. The zero-order valence-electron chi connectivity index (χ0n) is 14.4. The first-order chi connectivity index (χ1) is 13.1. The van der Waals surface area contributed by atoms with Crippen molar-refractivity contribution in [3.63, 3.8) is 0 Å². The number of hydrogen-bond acceptors (Lipinski definition) is 3. The Balaban J connectivity index is 1.42. The van der Waals surface area contributed by atoms with E-state index in [0.29, 0.717) is 35.4 Å². The molecule has 1 aliphatic heterocycles. The van der Waals surface area contributed by atoms with Crippen LogP contribution in [0, 0.1) is 0 Å². The van der Waals surface area contributed by atoms with Gasteiger partial charge in [-0.25, -0.2) is 0 Å². The molecule has 138 valence electrons. The molecular formula is C20H17Cl2N3O2. The molecule has 0 unspecified atom stereocenters. The molecule has 7 heteroatoms. The van der Waals surface area contributed by atoms with E-state index < -0.39 is 0 Å². The topological polar surface area (TPSA) is 56.2 Å². The van der Waals surface area contributed by atoms with Gasteiger partial charge in [-0.3, -0.25) is 9.48 Å². The minimum atomic E-state index is -0.213. The predicted molar refractivity (Wildman–Crippen MR) is 104 cm³/mol. The molecule has 1 aliphatic rings. The number of halogens is 2. The molecule has 0 saturated carbocycles. The third-order valence-corrected chi connectivity index (χ3v) is 4.98. The molecule has 0 bridgehead atoms. The molecule has 2 aromatic carbocycles. The highest BCUT2D eigenvalue weighted by molar-refractivity contribution is 6.30. The fourth-order valence-corrected chi connectivity index (χ4v) is 3.24. The van der Waals surface area contributed by atoms with Crippen molar-refractivity contribution in [1.29, 1.82) is 0 Å². The van der Waals surface area contributed by atoms with Crippen molar-refractivity contribution < 1.29 is 9.53 Å². The second-order valence-corrected chi connectivity index (χ2v) is 7.24. The summed E-state index contributed by atoms with van der Waals surface area (Å²) in [5.74, 6) is -0.213. The normalized spacial score (nSPS) is 16.0. The molecule has 0 spiro atoms. The molecule has 1 atom stereocenters. The second kappa shape index (κ2) is 7.72. The van der Waals surface area contributed by atoms with E-state index in [2.05, 4.69) is 10.4 Å². The number of aromatic nitrogens is 2. The molecule has 1 aromatic heterocycles. The third kappa shape index (κ3) is 4.16. The summed E-state index contributed by atoms with van der Waals surface area (Å²) in [6.45, 7) is 1.38.